The first-order valence-electron chi connectivity index (χ1n) is 9.13. The number of anilines is 1. The summed E-state index contributed by atoms with van der Waals surface area (Å²) >= 11 is 0. The molecular weight excluding hydrogens is 342 g/mol. The maximum Gasteiger partial charge on any atom is 0.303 e. The normalized spacial score (nSPS) is 15.7. The number of nitrogens with one attached hydrogen (secondary N) is 1. The van der Waals surface area contributed by atoms with Gasteiger partial charge in [0.25, 0.3) is 0 Å². The van der Waals surface area contributed by atoms with Gasteiger partial charge in [0.05, 0.1) is 17.8 Å². The van der Waals surface area contributed by atoms with Gasteiger partial charge in [-0.25, -0.2) is 0 Å². The fraction of sp³-hybridized carbons (Fsp3) is 0.333. The average Bonchev–Trinajstić information content (AvgIpc) is 3.09. The summed E-state index contributed by atoms with van der Waals surface area (Å²) in [6, 6.07) is 16.6. The van der Waals surface area contributed by atoms with Gasteiger partial charge in [-0.3, -0.25) is 9.59 Å². The van der Waals surface area contributed by atoms with Crippen molar-refractivity contribution in [1.82, 2.24) is 0 Å². The summed E-state index contributed by atoms with van der Waals surface area (Å²) in [5.41, 5.74) is 1.73. The molecule has 0 aromatic heterocycles. The molecule has 2 aromatic rings. The zero-order valence-electron chi connectivity index (χ0n) is 15.1. The minimum atomic E-state index is -0.835. The number of hydrogen-bond donors (Lipinski definition) is 2. The van der Waals surface area contributed by atoms with Crippen LogP contribution in [0, 0.1) is 5.41 Å². The standard InChI is InChI=1S/C21H23N3O3/c25-19(14-21(15-20(26)27)12-4-5-13-21)22-16-8-10-18(11-9-16)24-23-17-6-2-1-3-7-17/h1-3,6-11H,4-5,12-15H2,(H,22,25)(H,26,27). The van der Waals surface area contributed by atoms with Crippen molar-refractivity contribution in [1.29, 1.82) is 0 Å². The summed E-state index contributed by atoms with van der Waals surface area (Å²) in [6.07, 6.45) is 3.87. The average molecular weight is 365 g/mol. The monoisotopic (exact) mass is 365 g/mol. The molecule has 0 unspecified atom stereocenters. The van der Waals surface area contributed by atoms with Crippen LogP contribution in [0.2, 0.25) is 0 Å². The number of azo groups is 1. The summed E-state index contributed by atoms with van der Waals surface area (Å²) < 4.78 is 0. The number of hydrogen-bond acceptors (Lipinski definition) is 4. The van der Waals surface area contributed by atoms with Crippen molar-refractivity contribution >= 4 is 28.9 Å². The van der Waals surface area contributed by atoms with E-state index in [0.29, 0.717) is 11.4 Å². The van der Waals surface area contributed by atoms with Crippen LogP contribution in [-0.4, -0.2) is 17.0 Å². The van der Waals surface area contributed by atoms with Gasteiger partial charge in [-0.15, -0.1) is 0 Å². The van der Waals surface area contributed by atoms with Crippen LogP contribution in [0.25, 0.3) is 0 Å². The van der Waals surface area contributed by atoms with Crippen LogP contribution in [0.3, 0.4) is 0 Å². The van der Waals surface area contributed by atoms with Crippen LogP contribution in [0.1, 0.15) is 38.5 Å². The number of benzene rings is 2. The summed E-state index contributed by atoms with van der Waals surface area (Å²) in [4.78, 5) is 23.6. The lowest BCUT2D eigenvalue weighted by molar-refractivity contribution is -0.140. The predicted molar refractivity (Wildman–Crippen MR) is 103 cm³/mol. The zero-order chi connectivity index (χ0) is 19.1. The number of rotatable bonds is 7. The van der Waals surface area contributed by atoms with E-state index in [4.69, 9.17) is 5.11 Å². The number of nitrogens with zero attached hydrogens (tertiary/aromatic N) is 2. The number of carbonyl (C=O) groups is 2. The van der Waals surface area contributed by atoms with Crippen molar-refractivity contribution in [3.8, 4) is 0 Å². The summed E-state index contributed by atoms with van der Waals surface area (Å²) in [5, 5.41) is 20.3. The topological polar surface area (TPSA) is 91.1 Å². The molecule has 1 aliphatic carbocycles. The highest BCUT2D eigenvalue weighted by atomic mass is 16.4. The smallest absolute Gasteiger partial charge is 0.303 e. The Morgan fingerprint density at radius 2 is 1.48 bits per heavy atom. The van der Waals surface area contributed by atoms with E-state index in [-0.39, 0.29) is 18.7 Å². The Balaban J connectivity index is 1.58. The van der Waals surface area contributed by atoms with Gasteiger partial charge in [0.15, 0.2) is 0 Å². The number of carbonyl (C=O) groups excluding carboxylic acids is 1. The van der Waals surface area contributed by atoms with Crippen molar-refractivity contribution in [3.05, 3.63) is 54.6 Å². The first kappa shape index (κ1) is 18.8. The molecule has 27 heavy (non-hydrogen) atoms. The molecule has 0 atom stereocenters. The van der Waals surface area contributed by atoms with E-state index in [1.54, 1.807) is 24.3 Å². The van der Waals surface area contributed by atoms with E-state index in [1.165, 1.54) is 0 Å². The number of amides is 1. The maximum absolute atomic E-state index is 12.4. The summed E-state index contributed by atoms with van der Waals surface area (Å²) in [6.45, 7) is 0. The summed E-state index contributed by atoms with van der Waals surface area (Å²) in [5.74, 6) is -0.977. The third-order valence-electron chi connectivity index (χ3n) is 4.91. The molecule has 140 valence electrons. The van der Waals surface area contributed by atoms with Crippen LogP contribution in [0.4, 0.5) is 17.1 Å². The number of carboxylic acids is 1. The molecule has 0 saturated heterocycles. The lowest BCUT2D eigenvalue weighted by atomic mass is 9.79. The molecule has 1 aliphatic rings. The van der Waals surface area contributed by atoms with Gasteiger partial charge in [-0.1, -0.05) is 31.0 Å². The molecule has 1 saturated carbocycles. The fourth-order valence-corrected chi connectivity index (χ4v) is 3.63. The molecule has 0 spiro atoms. The highest BCUT2D eigenvalue weighted by molar-refractivity contribution is 5.91. The Labute approximate surface area is 158 Å². The van der Waals surface area contributed by atoms with Gasteiger partial charge in [-0.2, -0.15) is 10.2 Å². The molecule has 0 radical (unpaired) electrons. The van der Waals surface area contributed by atoms with Crippen LogP contribution < -0.4 is 5.32 Å². The van der Waals surface area contributed by atoms with Crippen molar-refractivity contribution < 1.29 is 14.7 Å². The molecule has 1 fully saturated rings. The quantitative estimate of drug-likeness (QED) is 0.638. The van der Waals surface area contributed by atoms with Crippen molar-refractivity contribution in [3.63, 3.8) is 0 Å². The Bertz CT molecular complexity index is 810. The minimum absolute atomic E-state index is 0.0548. The van der Waals surface area contributed by atoms with E-state index in [1.807, 2.05) is 30.3 Å². The van der Waals surface area contributed by atoms with Crippen molar-refractivity contribution in [2.24, 2.45) is 15.6 Å². The number of carboxylic acid groups (broad SMARTS) is 1. The van der Waals surface area contributed by atoms with Gasteiger partial charge in [0.1, 0.15) is 0 Å². The second-order valence-electron chi connectivity index (χ2n) is 7.08. The lowest BCUT2D eigenvalue weighted by Gasteiger charge is -2.26. The van der Waals surface area contributed by atoms with Gasteiger partial charge >= 0.3 is 5.97 Å². The molecular formula is C21H23N3O3. The largest absolute Gasteiger partial charge is 0.481 e. The van der Waals surface area contributed by atoms with E-state index < -0.39 is 11.4 Å². The van der Waals surface area contributed by atoms with E-state index >= 15 is 0 Å². The molecule has 1 amide bonds. The van der Waals surface area contributed by atoms with Gasteiger partial charge in [0, 0.05) is 12.1 Å². The predicted octanol–water partition coefficient (Wildman–Crippen LogP) is 5.47. The van der Waals surface area contributed by atoms with Crippen molar-refractivity contribution in [2.45, 2.75) is 38.5 Å². The Morgan fingerprint density at radius 1 is 0.889 bits per heavy atom. The molecule has 6 nitrogen and oxygen atoms in total. The molecule has 0 aliphatic heterocycles. The lowest BCUT2D eigenvalue weighted by Crippen LogP contribution is -2.27. The SMILES string of the molecule is O=C(O)CC1(CC(=O)Nc2ccc(N=Nc3ccccc3)cc2)CCCC1. The highest BCUT2D eigenvalue weighted by Gasteiger charge is 2.37. The van der Waals surface area contributed by atoms with E-state index in [2.05, 4.69) is 15.5 Å². The highest BCUT2D eigenvalue weighted by Crippen LogP contribution is 2.44. The molecule has 2 N–H and O–H groups in total. The molecule has 6 heteroatoms. The Morgan fingerprint density at radius 3 is 2.07 bits per heavy atom. The van der Waals surface area contributed by atoms with E-state index in [0.717, 1.165) is 31.4 Å². The zero-order valence-corrected chi connectivity index (χ0v) is 15.1. The minimum Gasteiger partial charge on any atom is -0.481 e. The second kappa shape index (κ2) is 8.58. The molecule has 3 rings (SSSR count). The van der Waals surface area contributed by atoms with Crippen LogP contribution in [0.15, 0.2) is 64.8 Å². The third-order valence-corrected chi connectivity index (χ3v) is 4.91. The van der Waals surface area contributed by atoms with E-state index in [9.17, 15) is 9.59 Å². The maximum atomic E-state index is 12.4. The first-order valence-corrected chi connectivity index (χ1v) is 9.13. The van der Waals surface area contributed by atoms with Crippen LogP contribution >= 0.6 is 0 Å². The molecule has 0 bridgehead atoms. The Hall–Kier alpha value is -3.02. The third kappa shape index (κ3) is 5.48. The van der Waals surface area contributed by atoms with Gasteiger partial charge in [0.2, 0.25) is 5.91 Å². The van der Waals surface area contributed by atoms with Crippen molar-refractivity contribution in [2.75, 3.05) is 5.32 Å². The number of aliphatic carboxylic acids is 1. The van der Waals surface area contributed by atoms with Crippen LogP contribution in [-0.2, 0) is 9.59 Å². The second-order valence-corrected chi connectivity index (χ2v) is 7.08. The Kier molecular flexibility index (Phi) is 5.96. The van der Waals surface area contributed by atoms with Gasteiger partial charge in [-0.05, 0) is 54.7 Å². The molecule has 2 aromatic carbocycles. The summed E-state index contributed by atoms with van der Waals surface area (Å²) in [7, 11) is 0. The molecule has 0 heterocycles. The first-order chi connectivity index (χ1) is 13.0. The van der Waals surface area contributed by atoms with Crippen LogP contribution in [0.5, 0.6) is 0 Å². The fourth-order valence-electron chi connectivity index (χ4n) is 3.63. The van der Waals surface area contributed by atoms with Gasteiger partial charge < -0.3 is 10.4 Å².